The second-order valence-electron chi connectivity index (χ2n) is 5.33. The summed E-state index contributed by atoms with van der Waals surface area (Å²) in [5.41, 5.74) is 1.54. The van der Waals surface area contributed by atoms with E-state index in [1.807, 2.05) is 6.92 Å². The molecule has 0 bridgehead atoms. The summed E-state index contributed by atoms with van der Waals surface area (Å²) >= 11 is 6.13. The highest BCUT2D eigenvalue weighted by molar-refractivity contribution is 7.91. The zero-order valence-electron chi connectivity index (χ0n) is 11.1. The van der Waals surface area contributed by atoms with Crippen molar-refractivity contribution in [2.24, 2.45) is 13.0 Å². The molecule has 1 saturated heterocycles. The Labute approximate surface area is 118 Å². The zero-order chi connectivity index (χ0) is 14.2. The van der Waals surface area contributed by atoms with Gasteiger partial charge in [-0.25, -0.2) is 8.42 Å². The standard InChI is InChI=1S/C12H19ClN2O3S/c1-8-12(13)11(15(2)14-8)6-10(16)5-9-3-4-19(17,18)7-9/h9-10,16H,3-7H2,1-2H3. The van der Waals surface area contributed by atoms with E-state index in [4.69, 9.17) is 11.6 Å². The van der Waals surface area contributed by atoms with Crippen LogP contribution in [0.1, 0.15) is 24.2 Å². The smallest absolute Gasteiger partial charge is 0.150 e. The van der Waals surface area contributed by atoms with Gasteiger partial charge in [0, 0.05) is 13.5 Å². The molecule has 1 N–H and O–H groups in total. The molecule has 0 radical (unpaired) electrons. The van der Waals surface area contributed by atoms with E-state index in [9.17, 15) is 13.5 Å². The molecule has 0 saturated carbocycles. The molecule has 0 amide bonds. The molecule has 108 valence electrons. The predicted molar refractivity (Wildman–Crippen MR) is 74.0 cm³/mol. The second kappa shape index (κ2) is 5.42. The summed E-state index contributed by atoms with van der Waals surface area (Å²) in [6.45, 7) is 1.82. The molecule has 5 nitrogen and oxygen atoms in total. The summed E-state index contributed by atoms with van der Waals surface area (Å²) in [5.74, 6) is 0.506. The fraction of sp³-hybridized carbons (Fsp3) is 0.750. The minimum atomic E-state index is -2.88. The fourth-order valence-electron chi connectivity index (χ4n) is 2.65. The van der Waals surface area contributed by atoms with Crippen molar-refractivity contribution < 1.29 is 13.5 Å². The Hall–Kier alpha value is -0.590. The SMILES string of the molecule is Cc1nn(C)c(CC(O)CC2CCS(=O)(=O)C2)c1Cl. The molecule has 2 unspecified atom stereocenters. The number of aliphatic hydroxyl groups is 1. The lowest BCUT2D eigenvalue weighted by Gasteiger charge is -2.14. The highest BCUT2D eigenvalue weighted by atomic mass is 35.5. The van der Waals surface area contributed by atoms with Crippen molar-refractivity contribution in [3.05, 3.63) is 16.4 Å². The van der Waals surface area contributed by atoms with Crippen LogP contribution >= 0.6 is 11.6 Å². The Balaban J connectivity index is 1.96. The summed E-state index contributed by atoms with van der Waals surface area (Å²) in [7, 11) is -1.09. The lowest BCUT2D eigenvalue weighted by Crippen LogP contribution is -2.19. The molecule has 7 heteroatoms. The van der Waals surface area contributed by atoms with Gasteiger partial charge in [-0.05, 0) is 25.7 Å². The van der Waals surface area contributed by atoms with Crippen LogP contribution in [0.25, 0.3) is 0 Å². The minimum Gasteiger partial charge on any atom is -0.393 e. The van der Waals surface area contributed by atoms with Gasteiger partial charge in [-0.1, -0.05) is 11.6 Å². The molecule has 1 aliphatic heterocycles. The van der Waals surface area contributed by atoms with Crippen LogP contribution in [0.5, 0.6) is 0 Å². The third-order valence-corrected chi connectivity index (χ3v) is 5.95. The van der Waals surface area contributed by atoms with Crippen molar-refractivity contribution in [3.63, 3.8) is 0 Å². The van der Waals surface area contributed by atoms with Gasteiger partial charge in [0.25, 0.3) is 0 Å². The van der Waals surface area contributed by atoms with Gasteiger partial charge in [0.2, 0.25) is 0 Å². The number of aliphatic hydroxyl groups excluding tert-OH is 1. The molecule has 2 atom stereocenters. The summed E-state index contributed by atoms with van der Waals surface area (Å²) in [6.07, 6.45) is 0.981. The largest absolute Gasteiger partial charge is 0.393 e. The zero-order valence-corrected chi connectivity index (χ0v) is 12.7. The van der Waals surface area contributed by atoms with E-state index in [1.54, 1.807) is 11.7 Å². The average Bonchev–Trinajstić information content (AvgIpc) is 2.74. The molecule has 1 aromatic rings. The van der Waals surface area contributed by atoms with Crippen LogP contribution in [0.4, 0.5) is 0 Å². The molecule has 2 rings (SSSR count). The molecule has 2 heterocycles. The van der Waals surface area contributed by atoms with Gasteiger partial charge in [-0.15, -0.1) is 0 Å². The Kier molecular flexibility index (Phi) is 4.23. The van der Waals surface area contributed by atoms with Crippen molar-refractivity contribution in [2.75, 3.05) is 11.5 Å². The molecular weight excluding hydrogens is 288 g/mol. The summed E-state index contributed by atoms with van der Waals surface area (Å²) in [4.78, 5) is 0. The first-order chi connectivity index (χ1) is 8.78. The highest BCUT2D eigenvalue weighted by Gasteiger charge is 2.29. The highest BCUT2D eigenvalue weighted by Crippen LogP contribution is 2.26. The lowest BCUT2D eigenvalue weighted by atomic mass is 9.98. The maximum Gasteiger partial charge on any atom is 0.150 e. The topological polar surface area (TPSA) is 72.2 Å². The lowest BCUT2D eigenvalue weighted by molar-refractivity contribution is 0.144. The van der Waals surface area contributed by atoms with Crippen molar-refractivity contribution in [1.82, 2.24) is 9.78 Å². The Morgan fingerprint density at radius 2 is 2.26 bits per heavy atom. The van der Waals surface area contributed by atoms with Crippen LogP contribution in [0, 0.1) is 12.8 Å². The molecule has 19 heavy (non-hydrogen) atoms. The molecule has 0 aliphatic carbocycles. The van der Waals surface area contributed by atoms with Crippen molar-refractivity contribution >= 4 is 21.4 Å². The van der Waals surface area contributed by atoms with Crippen LogP contribution in [0.15, 0.2) is 0 Å². The average molecular weight is 307 g/mol. The van der Waals surface area contributed by atoms with E-state index in [1.165, 1.54) is 0 Å². The third kappa shape index (κ3) is 3.49. The number of aryl methyl sites for hydroxylation is 2. The summed E-state index contributed by atoms with van der Waals surface area (Å²) < 4.78 is 24.4. The van der Waals surface area contributed by atoms with Gasteiger partial charge in [-0.2, -0.15) is 5.10 Å². The van der Waals surface area contributed by atoms with E-state index in [2.05, 4.69) is 5.10 Å². The Morgan fingerprint density at radius 1 is 1.58 bits per heavy atom. The second-order valence-corrected chi connectivity index (χ2v) is 7.94. The molecule has 1 aliphatic rings. The first-order valence-corrected chi connectivity index (χ1v) is 8.55. The van der Waals surface area contributed by atoms with Gasteiger partial charge < -0.3 is 5.11 Å². The van der Waals surface area contributed by atoms with Crippen molar-refractivity contribution in [2.45, 2.75) is 32.3 Å². The number of rotatable bonds is 4. The van der Waals surface area contributed by atoms with E-state index < -0.39 is 15.9 Å². The van der Waals surface area contributed by atoms with Gasteiger partial charge in [0.15, 0.2) is 9.84 Å². The maximum atomic E-state index is 11.4. The predicted octanol–water partition coefficient (Wildman–Crippen LogP) is 1.11. The van der Waals surface area contributed by atoms with Gasteiger partial charge in [0.05, 0.1) is 34.0 Å². The fourth-order valence-corrected chi connectivity index (χ4v) is 4.77. The maximum absolute atomic E-state index is 11.4. The number of aromatic nitrogens is 2. The first-order valence-electron chi connectivity index (χ1n) is 6.35. The number of hydrogen-bond acceptors (Lipinski definition) is 4. The molecule has 1 aromatic heterocycles. The van der Waals surface area contributed by atoms with Crippen LogP contribution < -0.4 is 0 Å². The molecule has 1 fully saturated rings. The number of hydrogen-bond donors (Lipinski definition) is 1. The van der Waals surface area contributed by atoms with Crippen molar-refractivity contribution in [3.8, 4) is 0 Å². The Bertz CT molecular complexity index is 568. The van der Waals surface area contributed by atoms with E-state index >= 15 is 0 Å². The monoisotopic (exact) mass is 306 g/mol. The number of sulfone groups is 1. The van der Waals surface area contributed by atoms with E-state index in [-0.39, 0.29) is 17.4 Å². The summed E-state index contributed by atoms with van der Waals surface area (Å²) in [5, 5.41) is 14.9. The van der Waals surface area contributed by atoms with Crippen LogP contribution in [-0.4, -0.2) is 40.9 Å². The quantitative estimate of drug-likeness (QED) is 0.904. The molecule has 0 spiro atoms. The normalized spacial score (nSPS) is 23.7. The molecular formula is C12H19ClN2O3S. The van der Waals surface area contributed by atoms with E-state index in [0.717, 1.165) is 11.4 Å². The first kappa shape index (κ1) is 14.8. The van der Waals surface area contributed by atoms with Crippen molar-refractivity contribution in [1.29, 1.82) is 0 Å². The van der Waals surface area contributed by atoms with E-state index in [0.29, 0.717) is 24.3 Å². The summed E-state index contributed by atoms with van der Waals surface area (Å²) in [6, 6.07) is 0. The van der Waals surface area contributed by atoms with Crippen LogP contribution in [-0.2, 0) is 23.3 Å². The van der Waals surface area contributed by atoms with Gasteiger partial charge in [-0.3, -0.25) is 4.68 Å². The number of nitrogens with zero attached hydrogens (tertiary/aromatic N) is 2. The molecule has 0 aromatic carbocycles. The Morgan fingerprint density at radius 3 is 2.74 bits per heavy atom. The third-order valence-electron chi connectivity index (χ3n) is 3.62. The van der Waals surface area contributed by atoms with Gasteiger partial charge >= 0.3 is 0 Å². The van der Waals surface area contributed by atoms with Gasteiger partial charge in [0.1, 0.15) is 0 Å². The number of halogens is 1. The van der Waals surface area contributed by atoms with Crippen LogP contribution in [0.2, 0.25) is 5.02 Å². The van der Waals surface area contributed by atoms with Crippen LogP contribution in [0.3, 0.4) is 0 Å². The minimum absolute atomic E-state index is 0.0631.